The van der Waals surface area contributed by atoms with Gasteiger partial charge in [-0.2, -0.15) is 0 Å². The van der Waals surface area contributed by atoms with Crippen LogP contribution in [0.1, 0.15) is 31.9 Å². The van der Waals surface area contributed by atoms with Crippen LogP contribution < -0.4 is 10.5 Å². The molecule has 0 bridgehead atoms. The normalized spacial score (nSPS) is 16.4. The van der Waals surface area contributed by atoms with Crippen LogP contribution in [0.3, 0.4) is 0 Å². The maximum atomic E-state index is 6.24. The molecule has 0 amide bonds. The minimum Gasteiger partial charge on any atom is -0.495 e. The van der Waals surface area contributed by atoms with Gasteiger partial charge in [-0.3, -0.25) is 0 Å². The summed E-state index contributed by atoms with van der Waals surface area (Å²) >= 11 is 5.99. The number of hydrogen-bond acceptors (Lipinski definition) is 3. The van der Waals surface area contributed by atoms with E-state index in [4.69, 9.17) is 26.8 Å². The van der Waals surface area contributed by atoms with E-state index in [1.807, 2.05) is 19.1 Å². The van der Waals surface area contributed by atoms with E-state index in [0.29, 0.717) is 10.8 Å². The maximum Gasteiger partial charge on any atom is 0.137 e. The minimum atomic E-state index is -0.390. The van der Waals surface area contributed by atoms with E-state index < -0.39 is 5.60 Å². The van der Waals surface area contributed by atoms with Crippen LogP contribution in [-0.4, -0.2) is 19.8 Å². The molecule has 0 spiro atoms. The average Bonchev–Trinajstić information content (AvgIpc) is 2.37. The molecule has 0 radical (unpaired) electrons. The zero-order valence-electron chi connectivity index (χ0n) is 10.8. The maximum absolute atomic E-state index is 6.24. The molecule has 0 heterocycles. The van der Waals surface area contributed by atoms with Gasteiger partial charge in [0.25, 0.3) is 0 Å². The summed E-state index contributed by atoms with van der Waals surface area (Å²) in [6.07, 6.45) is 0.829. The average molecular weight is 258 g/mol. The first-order valence-corrected chi connectivity index (χ1v) is 6.00. The highest BCUT2D eigenvalue weighted by atomic mass is 35.5. The van der Waals surface area contributed by atoms with E-state index in [-0.39, 0.29) is 6.04 Å². The van der Waals surface area contributed by atoms with Crippen molar-refractivity contribution in [1.82, 2.24) is 0 Å². The van der Waals surface area contributed by atoms with Gasteiger partial charge in [0.1, 0.15) is 5.75 Å². The van der Waals surface area contributed by atoms with E-state index in [1.54, 1.807) is 20.3 Å². The van der Waals surface area contributed by atoms with E-state index in [1.165, 1.54) is 0 Å². The fraction of sp³-hybridized carbons (Fsp3) is 0.538. The number of nitrogens with two attached hydrogens (primary N) is 1. The third-order valence-corrected chi connectivity index (χ3v) is 3.67. The van der Waals surface area contributed by atoms with Gasteiger partial charge in [-0.15, -0.1) is 0 Å². The highest BCUT2D eigenvalue weighted by molar-refractivity contribution is 6.32. The van der Waals surface area contributed by atoms with Crippen LogP contribution in [0.25, 0.3) is 0 Å². The van der Waals surface area contributed by atoms with Crippen molar-refractivity contribution in [1.29, 1.82) is 0 Å². The van der Waals surface area contributed by atoms with Gasteiger partial charge in [0.15, 0.2) is 0 Å². The van der Waals surface area contributed by atoms with Gasteiger partial charge in [-0.1, -0.05) is 24.6 Å². The first-order valence-electron chi connectivity index (χ1n) is 5.62. The molecule has 0 aromatic heterocycles. The number of halogens is 1. The standard InChI is InChI=1S/C13H20ClNO2/c1-5-13(2,17-4)12(15)9-6-7-10(14)11(8-9)16-3/h6-8,12H,5,15H2,1-4H3. The van der Waals surface area contributed by atoms with Crippen molar-refractivity contribution in [2.45, 2.75) is 31.9 Å². The molecule has 1 aromatic rings. The fourth-order valence-electron chi connectivity index (χ4n) is 1.71. The van der Waals surface area contributed by atoms with Crippen molar-refractivity contribution in [3.63, 3.8) is 0 Å². The first kappa shape index (κ1) is 14.3. The summed E-state index contributed by atoms with van der Waals surface area (Å²) in [5.41, 5.74) is 6.81. The number of ether oxygens (including phenoxy) is 2. The molecule has 1 rings (SSSR count). The van der Waals surface area contributed by atoms with Gasteiger partial charge in [-0.05, 0) is 31.0 Å². The molecule has 17 heavy (non-hydrogen) atoms. The lowest BCUT2D eigenvalue weighted by Gasteiger charge is -2.33. The number of benzene rings is 1. The second kappa shape index (κ2) is 5.71. The van der Waals surface area contributed by atoms with Gasteiger partial charge in [0, 0.05) is 7.11 Å². The predicted molar refractivity (Wildman–Crippen MR) is 70.6 cm³/mol. The summed E-state index contributed by atoms with van der Waals surface area (Å²) in [5.74, 6) is 0.633. The smallest absolute Gasteiger partial charge is 0.137 e. The first-order chi connectivity index (χ1) is 7.98. The molecule has 96 valence electrons. The van der Waals surface area contributed by atoms with Crippen molar-refractivity contribution in [3.05, 3.63) is 28.8 Å². The Morgan fingerprint density at radius 1 is 1.41 bits per heavy atom. The molecule has 4 heteroatoms. The molecule has 2 atom stereocenters. The quantitative estimate of drug-likeness (QED) is 0.881. The molecule has 2 unspecified atom stereocenters. The van der Waals surface area contributed by atoms with Crippen LogP contribution in [-0.2, 0) is 4.74 Å². The van der Waals surface area contributed by atoms with Gasteiger partial charge in [0.2, 0.25) is 0 Å². The molecular formula is C13H20ClNO2. The van der Waals surface area contributed by atoms with E-state index in [0.717, 1.165) is 12.0 Å². The molecule has 1 aromatic carbocycles. The van der Waals surface area contributed by atoms with Crippen molar-refractivity contribution in [2.24, 2.45) is 5.73 Å². The summed E-state index contributed by atoms with van der Waals surface area (Å²) in [6.45, 7) is 4.05. The van der Waals surface area contributed by atoms with Crippen molar-refractivity contribution < 1.29 is 9.47 Å². The second-order valence-corrected chi connectivity index (χ2v) is 4.65. The van der Waals surface area contributed by atoms with E-state index in [2.05, 4.69) is 6.92 Å². The number of hydrogen-bond donors (Lipinski definition) is 1. The Hall–Kier alpha value is -0.770. The summed E-state index contributed by atoms with van der Waals surface area (Å²) in [5, 5.41) is 0.582. The third kappa shape index (κ3) is 2.92. The third-order valence-electron chi connectivity index (χ3n) is 3.36. The zero-order valence-corrected chi connectivity index (χ0v) is 11.5. The lowest BCUT2D eigenvalue weighted by Crippen LogP contribution is -2.39. The Labute approximate surface area is 108 Å². The highest BCUT2D eigenvalue weighted by Gasteiger charge is 2.31. The van der Waals surface area contributed by atoms with Gasteiger partial charge in [-0.25, -0.2) is 0 Å². The fourth-order valence-corrected chi connectivity index (χ4v) is 1.91. The Balaban J connectivity index is 3.07. The monoisotopic (exact) mass is 257 g/mol. The zero-order chi connectivity index (χ0) is 13.1. The Bertz CT molecular complexity index is 378. The Morgan fingerprint density at radius 3 is 2.53 bits per heavy atom. The van der Waals surface area contributed by atoms with E-state index >= 15 is 0 Å². The van der Waals surface area contributed by atoms with Crippen molar-refractivity contribution >= 4 is 11.6 Å². The molecule has 3 nitrogen and oxygen atoms in total. The van der Waals surface area contributed by atoms with Crippen LogP contribution in [0.2, 0.25) is 5.02 Å². The molecule has 0 saturated heterocycles. The number of rotatable bonds is 5. The molecule has 2 N–H and O–H groups in total. The van der Waals surface area contributed by atoms with Gasteiger partial charge in [0.05, 0.1) is 23.8 Å². The Morgan fingerprint density at radius 2 is 2.06 bits per heavy atom. The summed E-state index contributed by atoms with van der Waals surface area (Å²) < 4.78 is 10.7. The Kier molecular flexibility index (Phi) is 4.80. The minimum absolute atomic E-state index is 0.219. The summed E-state index contributed by atoms with van der Waals surface area (Å²) in [7, 11) is 3.27. The molecule has 0 aliphatic carbocycles. The molecule has 0 aliphatic heterocycles. The molecule has 0 aliphatic rings. The van der Waals surface area contributed by atoms with Crippen LogP contribution in [0.5, 0.6) is 5.75 Å². The molecular weight excluding hydrogens is 238 g/mol. The predicted octanol–water partition coefficient (Wildman–Crippen LogP) is 3.16. The van der Waals surface area contributed by atoms with Crippen molar-refractivity contribution in [2.75, 3.05) is 14.2 Å². The lowest BCUT2D eigenvalue weighted by molar-refractivity contribution is -0.0195. The topological polar surface area (TPSA) is 44.5 Å². The van der Waals surface area contributed by atoms with Crippen molar-refractivity contribution in [3.8, 4) is 5.75 Å². The van der Waals surface area contributed by atoms with Gasteiger partial charge < -0.3 is 15.2 Å². The largest absolute Gasteiger partial charge is 0.495 e. The second-order valence-electron chi connectivity index (χ2n) is 4.24. The SMILES string of the molecule is CCC(C)(OC)C(N)c1ccc(Cl)c(OC)c1. The van der Waals surface area contributed by atoms with Crippen LogP contribution in [0, 0.1) is 0 Å². The van der Waals surface area contributed by atoms with Crippen LogP contribution >= 0.6 is 11.6 Å². The van der Waals surface area contributed by atoms with Gasteiger partial charge >= 0.3 is 0 Å². The van der Waals surface area contributed by atoms with Crippen LogP contribution in [0.4, 0.5) is 0 Å². The van der Waals surface area contributed by atoms with Crippen LogP contribution in [0.15, 0.2) is 18.2 Å². The number of methoxy groups -OCH3 is 2. The van der Waals surface area contributed by atoms with E-state index in [9.17, 15) is 0 Å². The summed E-state index contributed by atoms with van der Waals surface area (Å²) in [4.78, 5) is 0. The molecule has 0 fully saturated rings. The molecule has 0 saturated carbocycles. The lowest BCUT2D eigenvalue weighted by atomic mass is 9.88. The highest BCUT2D eigenvalue weighted by Crippen LogP contribution is 2.33. The summed E-state index contributed by atoms with van der Waals surface area (Å²) in [6, 6.07) is 5.34.